The van der Waals surface area contributed by atoms with Crippen LogP contribution in [-0.2, 0) is 0 Å². The molecule has 2 heteroatoms. The fraction of sp³-hybridized carbons (Fsp3) is 1.00. The average Bonchev–Trinajstić information content (AvgIpc) is 0.811. The quantitative estimate of drug-likeness (QED) is 0.410. The average molecular weight is 139 g/mol. The molecule has 0 aromatic carbocycles. The van der Waals surface area contributed by atoms with Crippen molar-refractivity contribution in [2.24, 2.45) is 0 Å². The van der Waals surface area contributed by atoms with Crippen molar-refractivity contribution < 1.29 is 0 Å². The molecule has 0 aliphatic heterocycles. The number of hydrogen-bond donors (Lipinski definition) is 0. The fourth-order valence-electron chi connectivity index (χ4n) is 0. The summed E-state index contributed by atoms with van der Waals surface area (Å²) < 4.78 is 0. The first-order valence-corrected chi connectivity index (χ1v) is 7.49. The van der Waals surface area contributed by atoms with Crippen LogP contribution >= 0.6 is 0 Å². The molecule has 0 saturated heterocycles. The second kappa shape index (κ2) is 2.00. The van der Waals surface area contributed by atoms with Gasteiger partial charge in [0.25, 0.3) is 0 Å². The molecule has 0 aromatic heterocycles. The molecule has 0 aromatic rings. The van der Waals surface area contributed by atoms with Crippen molar-refractivity contribution in [2.45, 2.75) is 13.1 Å². The van der Waals surface area contributed by atoms with Crippen LogP contribution in [0.5, 0.6) is 0 Å². The molecule has 0 fully saturated rings. The molecule has 0 atom stereocenters. The topological polar surface area (TPSA) is 0 Å². The van der Waals surface area contributed by atoms with Crippen molar-refractivity contribution in [2.75, 3.05) is 0 Å². The molecule has 4 heavy (non-hydrogen) atoms. The zero-order chi connectivity index (χ0) is 3.58. The van der Waals surface area contributed by atoms with E-state index in [2.05, 4.69) is 28.5 Å². The Hall–Kier alpha value is 0.736. The van der Waals surface area contributed by atoms with Crippen LogP contribution in [0.25, 0.3) is 0 Å². The van der Waals surface area contributed by atoms with Gasteiger partial charge in [0, 0.05) is 0 Å². The predicted octanol–water partition coefficient (Wildman–Crippen LogP) is -0.129. The number of hydrogen-bond acceptors (Lipinski definition) is 0. The summed E-state index contributed by atoms with van der Waals surface area (Å²) in [6.07, 6.45) is 0. The Balaban J connectivity index is 2.32. The van der Waals surface area contributed by atoms with Gasteiger partial charge in [-0.1, -0.05) is 0 Å². The molecular weight excluding hydrogens is 131 g/mol. The van der Waals surface area contributed by atoms with E-state index < -0.39 is 0 Å². The SMILES string of the molecule is C[SiH](C)[SeH]. The molecular formula is C2H8SeSi. The molecule has 0 rings (SSSR count). The minimum absolute atomic E-state index is 0.201. The molecule has 0 saturated carbocycles. The van der Waals surface area contributed by atoms with Crippen molar-refractivity contribution in [3.05, 3.63) is 0 Å². The Kier molecular flexibility index (Phi) is 2.37. The van der Waals surface area contributed by atoms with Crippen LogP contribution in [-0.4, -0.2) is 22.8 Å². The summed E-state index contributed by atoms with van der Waals surface area (Å²) in [7, 11) is -0.201. The number of rotatable bonds is 0. The summed E-state index contributed by atoms with van der Waals surface area (Å²) in [5.74, 6) is 0. The zero-order valence-electron chi connectivity index (χ0n) is 3.02. The first-order chi connectivity index (χ1) is 1.73. The van der Waals surface area contributed by atoms with E-state index in [1.807, 2.05) is 0 Å². The van der Waals surface area contributed by atoms with Gasteiger partial charge in [-0.15, -0.1) is 0 Å². The van der Waals surface area contributed by atoms with Crippen molar-refractivity contribution in [3.63, 3.8) is 0 Å². The summed E-state index contributed by atoms with van der Waals surface area (Å²) in [6, 6.07) is 0. The third-order valence-corrected chi connectivity index (χ3v) is 0. The zero-order valence-corrected chi connectivity index (χ0v) is 6.06. The van der Waals surface area contributed by atoms with E-state index in [1.165, 1.54) is 0 Å². The van der Waals surface area contributed by atoms with Crippen molar-refractivity contribution in [3.8, 4) is 0 Å². The summed E-state index contributed by atoms with van der Waals surface area (Å²) in [5.41, 5.74) is 0. The standard InChI is InChI=1S/C2H8SeSi/c1-4(2)3/h3-4H,1-2H3. The van der Waals surface area contributed by atoms with Crippen LogP contribution in [0.2, 0.25) is 13.1 Å². The van der Waals surface area contributed by atoms with Gasteiger partial charge in [0.2, 0.25) is 0 Å². The molecule has 0 bridgehead atoms. The van der Waals surface area contributed by atoms with E-state index >= 15 is 0 Å². The van der Waals surface area contributed by atoms with Crippen molar-refractivity contribution >= 4 is 22.8 Å². The summed E-state index contributed by atoms with van der Waals surface area (Å²) in [5, 5.41) is 0. The summed E-state index contributed by atoms with van der Waals surface area (Å²) >= 11 is 2.67. The monoisotopic (exact) mass is 140 g/mol. The Morgan fingerprint density at radius 1 is 1.50 bits per heavy atom. The minimum atomic E-state index is -0.201. The van der Waals surface area contributed by atoms with Crippen molar-refractivity contribution in [1.29, 1.82) is 0 Å². The van der Waals surface area contributed by atoms with Gasteiger partial charge < -0.3 is 0 Å². The molecule has 26 valence electrons. The second-order valence-corrected chi connectivity index (χ2v) is 9.78. The van der Waals surface area contributed by atoms with E-state index in [9.17, 15) is 0 Å². The van der Waals surface area contributed by atoms with Crippen LogP contribution in [0.15, 0.2) is 0 Å². The van der Waals surface area contributed by atoms with E-state index in [1.54, 1.807) is 0 Å². The van der Waals surface area contributed by atoms with Gasteiger partial charge in [-0.05, 0) is 0 Å². The van der Waals surface area contributed by atoms with Gasteiger partial charge in [-0.25, -0.2) is 0 Å². The molecule has 0 nitrogen and oxygen atoms in total. The Labute approximate surface area is 36.5 Å². The molecule has 0 amide bonds. The van der Waals surface area contributed by atoms with Crippen LogP contribution in [0.3, 0.4) is 0 Å². The van der Waals surface area contributed by atoms with Gasteiger partial charge in [0.1, 0.15) is 0 Å². The van der Waals surface area contributed by atoms with Crippen LogP contribution in [0, 0.1) is 0 Å². The third kappa shape index (κ3) is 15.2. The Morgan fingerprint density at radius 3 is 1.50 bits per heavy atom. The van der Waals surface area contributed by atoms with Crippen LogP contribution < -0.4 is 0 Å². The molecule has 0 heterocycles. The Bertz CT molecular complexity index is 10.8. The van der Waals surface area contributed by atoms with E-state index in [-0.39, 0.29) is 7.40 Å². The van der Waals surface area contributed by atoms with E-state index in [0.717, 1.165) is 0 Å². The molecule has 0 radical (unpaired) electrons. The van der Waals surface area contributed by atoms with Gasteiger partial charge in [-0.3, -0.25) is 0 Å². The second-order valence-electron chi connectivity index (χ2n) is 1.09. The summed E-state index contributed by atoms with van der Waals surface area (Å²) in [6.45, 7) is 4.56. The fourth-order valence-corrected chi connectivity index (χ4v) is 0. The van der Waals surface area contributed by atoms with E-state index in [4.69, 9.17) is 0 Å². The molecule has 0 aliphatic carbocycles. The molecule has 0 aliphatic rings. The maximum absolute atomic E-state index is 2.67. The molecule has 0 N–H and O–H groups in total. The van der Waals surface area contributed by atoms with Gasteiger partial charge >= 0.3 is 35.9 Å². The van der Waals surface area contributed by atoms with Gasteiger partial charge in [0.05, 0.1) is 0 Å². The van der Waals surface area contributed by atoms with Gasteiger partial charge in [0.15, 0.2) is 0 Å². The van der Waals surface area contributed by atoms with Gasteiger partial charge in [-0.2, -0.15) is 0 Å². The maximum atomic E-state index is 2.67. The molecule has 0 spiro atoms. The first-order valence-electron chi connectivity index (χ1n) is 1.41. The Morgan fingerprint density at radius 2 is 1.50 bits per heavy atom. The third-order valence-electron chi connectivity index (χ3n) is 0. The first kappa shape index (κ1) is 4.74. The predicted molar refractivity (Wildman–Crippen MR) is 26.0 cm³/mol. The summed E-state index contributed by atoms with van der Waals surface area (Å²) in [4.78, 5) is 0. The van der Waals surface area contributed by atoms with Crippen LogP contribution in [0.1, 0.15) is 0 Å². The normalized spacial score (nSPS) is 9.00. The van der Waals surface area contributed by atoms with Crippen LogP contribution in [0.4, 0.5) is 0 Å². The van der Waals surface area contributed by atoms with E-state index in [0.29, 0.717) is 0 Å². The van der Waals surface area contributed by atoms with Crippen molar-refractivity contribution in [1.82, 2.24) is 0 Å². The molecule has 0 unspecified atom stereocenters.